The Morgan fingerprint density at radius 2 is 1.06 bits per heavy atom. The van der Waals surface area contributed by atoms with Crippen LogP contribution in [0.1, 0.15) is 16.7 Å². The monoisotopic (exact) mass is 462 g/mol. The summed E-state index contributed by atoms with van der Waals surface area (Å²) < 4.78 is 30.4. The van der Waals surface area contributed by atoms with Gasteiger partial charge in [-0.1, -0.05) is 91.0 Å². The first-order valence-electron chi connectivity index (χ1n) is 11.4. The lowest BCUT2D eigenvalue weighted by Gasteiger charge is -2.44. The van der Waals surface area contributed by atoms with Crippen LogP contribution in [0.4, 0.5) is 0 Å². The van der Waals surface area contributed by atoms with E-state index in [9.17, 15) is 4.79 Å². The van der Waals surface area contributed by atoms with E-state index in [0.29, 0.717) is 19.8 Å². The summed E-state index contributed by atoms with van der Waals surface area (Å²) in [6.45, 7) is 0.994. The third-order valence-electron chi connectivity index (χ3n) is 5.75. The minimum Gasteiger partial charge on any atom is -0.368 e. The number of ether oxygens (including phenoxy) is 5. The van der Waals surface area contributed by atoms with Crippen LogP contribution in [0.15, 0.2) is 91.0 Å². The minimum atomic E-state index is -0.856. The van der Waals surface area contributed by atoms with E-state index in [1.165, 1.54) is 7.11 Å². The number of aldehydes is 1. The summed E-state index contributed by atoms with van der Waals surface area (Å²) in [5, 5.41) is 0. The fourth-order valence-electron chi connectivity index (χ4n) is 3.99. The number of carbonyl (C=O) groups is 1. The predicted octanol–water partition coefficient (Wildman–Crippen LogP) is 4.31. The highest BCUT2D eigenvalue weighted by Crippen LogP contribution is 2.30. The highest BCUT2D eigenvalue weighted by Gasteiger charge is 2.48. The Labute approximate surface area is 200 Å². The molecule has 0 aromatic heterocycles. The van der Waals surface area contributed by atoms with Gasteiger partial charge in [0.25, 0.3) is 0 Å². The summed E-state index contributed by atoms with van der Waals surface area (Å²) in [7, 11) is 1.53. The first-order valence-corrected chi connectivity index (χ1v) is 11.4. The molecule has 1 fully saturated rings. The minimum absolute atomic E-state index is 0.313. The van der Waals surface area contributed by atoms with Gasteiger partial charge in [0.15, 0.2) is 12.6 Å². The molecule has 178 valence electrons. The first kappa shape index (κ1) is 24.3. The maximum atomic E-state index is 12.0. The lowest BCUT2D eigenvalue weighted by Crippen LogP contribution is -2.61. The molecule has 6 heteroatoms. The Morgan fingerprint density at radius 1 is 0.647 bits per heavy atom. The van der Waals surface area contributed by atoms with Crippen LogP contribution < -0.4 is 0 Å². The van der Waals surface area contributed by atoms with E-state index in [1.54, 1.807) is 0 Å². The van der Waals surface area contributed by atoms with Crippen molar-refractivity contribution in [2.75, 3.05) is 7.11 Å². The van der Waals surface area contributed by atoms with E-state index in [2.05, 4.69) is 0 Å². The highest BCUT2D eigenvalue weighted by atomic mass is 16.7. The number of methoxy groups -OCH3 is 1. The zero-order valence-electron chi connectivity index (χ0n) is 19.2. The molecule has 34 heavy (non-hydrogen) atoms. The van der Waals surface area contributed by atoms with Crippen molar-refractivity contribution in [3.05, 3.63) is 108 Å². The Bertz CT molecular complexity index is 982. The molecule has 3 aromatic rings. The molecule has 6 nitrogen and oxygen atoms in total. The topological polar surface area (TPSA) is 63.2 Å². The van der Waals surface area contributed by atoms with Gasteiger partial charge in [0, 0.05) is 7.11 Å². The molecule has 1 aliphatic rings. The summed E-state index contributed by atoms with van der Waals surface area (Å²) >= 11 is 0. The normalized spacial score (nSPS) is 24.6. The van der Waals surface area contributed by atoms with Crippen molar-refractivity contribution in [3.63, 3.8) is 0 Å². The van der Waals surface area contributed by atoms with Gasteiger partial charge in [0.1, 0.15) is 24.4 Å². The van der Waals surface area contributed by atoms with Crippen molar-refractivity contribution in [1.82, 2.24) is 0 Å². The molecule has 3 aromatic carbocycles. The molecule has 0 radical (unpaired) electrons. The van der Waals surface area contributed by atoms with Gasteiger partial charge in [0.05, 0.1) is 19.8 Å². The lowest BCUT2D eigenvalue weighted by atomic mass is 9.98. The number of benzene rings is 3. The Morgan fingerprint density at radius 3 is 1.47 bits per heavy atom. The van der Waals surface area contributed by atoms with E-state index < -0.39 is 30.7 Å². The van der Waals surface area contributed by atoms with Crippen LogP contribution in [0.5, 0.6) is 0 Å². The van der Waals surface area contributed by atoms with Crippen LogP contribution in [0.3, 0.4) is 0 Å². The zero-order chi connectivity index (χ0) is 23.6. The van der Waals surface area contributed by atoms with Gasteiger partial charge in [-0.05, 0) is 16.7 Å². The largest absolute Gasteiger partial charge is 0.368 e. The second-order valence-corrected chi connectivity index (χ2v) is 8.12. The van der Waals surface area contributed by atoms with E-state index in [1.807, 2.05) is 91.0 Å². The van der Waals surface area contributed by atoms with Gasteiger partial charge in [0.2, 0.25) is 0 Å². The van der Waals surface area contributed by atoms with E-state index in [4.69, 9.17) is 23.7 Å². The molecule has 1 saturated heterocycles. The molecule has 0 amide bonds. The van der Waals surface area contributed by atoms with Crippen molar-refractivity contribution in [1.29, 1.82) is 0 Å². The second kappa shape index (κ2) is 12.6. The van der Waals surface area contributed by atoms with Crippen molar-refractivity contribution < 1.29 is 28.5 Å². The maximum Gasteiger partial charge on any atom is 0.187 e. The van der Waals surface area contributed by atoms with Crippen LogP contribution in [0, 0.1) is 0 Å². The average Bonchev–Trinajstić information content (AvgIpc) is 2.91. The van der Waals surface area contributed by atoms with Crippen LogP contribution in [-0.4, -0.2) is 44.1 Å². The number of hydrogen-bond donors (Lipinski definition) is 0. The van der Waals surface area contributed by atoms with Gasteiger partial charge in [-0.25, -0.2) is 0 Å². The molecule has 0 unspecified atom stereocenters. The summed E-state index contributed by atoms with van der Waals surface area (Å²) in [4.78, 5) is 12.0. The number of hydrogen-bond acceptors (Lipinski definition) is 6. The van der Waals surface area contributed by atoms with Gasteiger partial charge in [-0.3, -0.25) is 0 Å². The highest BCUT2D eigenvalue weighted by molar-refractivity contribution is 5.57. The Hall–Kier alpha value is -2.87. The standard InChI is InChI=1S/C28H30O6/c1-30-28-27(33-20-23-15-9-4-10-16-23)26(32-19-22-13-7-3-8-14-22)25(24(17-29)34-28)31-18-21-11-5-2-6-12-21/h2-17,24-28H,18-20H2,1H3/t24-,25-,26+,27+,28+/m1/s1. The van der Waals surface area contributed by atoms with E-state index in [-0.39, 0.29) is 0 Å². The predicted molar refractivity (Wildman–Crippen MR) is 127 cm³/mol. The molecular weight excluding hydrogens is 432 g/mol. The van der Waals surface area contributed by atoms with Crippen molar-refractivity contribution >= 4 is 6.29 Å². The molecule has 0 N–H and O–H groups in total. The van der Waals surface area contributed by atoms with Crippen LogP contribution >= 0.6 is 0 Å². The van der Waals surface area contributed by atoms with Crippen molar-refractivity contribution in [2.24, 2.45) is 0 Å². The van der Waals surface area contributed by atoms with Crippen LogP contribution in [-0.2, 0) is 48.3 Å². The molecule has 0 spiro atoms. The molecule has 5 atom stereocenters. The van der Waals surface area contributed by atoms with Gasteiger partial charge in [-0.15, -0.1) is 0 Å². The van der Waals surface area contributed by atoms with Crippen molar-refractivity contribution in [2.45, 2.75) is 50.5 Å². The smallest absolute Gasteiger partial charge is 0.187 e. The van der Waals surface area contributed by atoms with Gasteiger partial charge >= 0.3 is 0 Å². The number of rotatable bonds is 11. The molecular formula is C28H30O6. The van der Waals surface area contributed by atoms with Crippen LogP contribution in [0.25, 0.3) is 0 Å². The summed E-state index contributed by atoms with van der Waals surface area (Å²) in [6.07, 6.45) is -2.77. The van der Waals surface area contributed by atoms with E-state index in [0.717, 1.165) is 23.0 Å². The molecule has 4 rings (SSSR count). The Balaban J connectivity index is 1.57. The van der Waals surface area contributed by atoms with Crippen LogP contribution in [0.2, 0.25) is 0 Å². The quantitative estimate of drug-likeness (QED) is 0.396. The Kier molecular flexibility index (Phi) is 8.96. The lowest BCUT2D eigenvalue weighted by molar-refractivity contribution is -0.309. The van der Waals surface area contributed by atoms with Gasteiger partial charge < -0.3 is 28.5 Å². The molecule has 0 bridgehead atoms. The first-order chi connectivity index (χ1) is 16.8. The fraction of sp³-hybridized carbons (Fsp3) is 0.321. The second-order valence-electron chi connectivity index (χ2n) is 8.12. The molecule has 0 aliphatic carbocycles. The average molecular weight is 463 g/mol. The maximum absolute atomic E-state index is 12.0. The fourth-order valence-corrected chi connectivity index (χ4v) is 3.99. The van der Waals surface area contributed by atoms with Gasteiger partial charge in [-0.2, -0.15) is 0 Å². The third kappa shape index (κ3) is 6.38. The van der Waals surface area contributed by atoms with Crippen molar-refractivity contribution in [3.8, 4) is 0 Å². The van der Waals surface area contributed by atoms with E-state index >= 15 is 0 Å². The SMILES string of the molecule is CO[C@H]1O[C@H](C=O)[C@@H](OCc2ccccc2)[C@H](OCc2ccccc2)[C@@H]1OCc1ccccc1. The molecule has 0 saturated carbocycles. The number of carbonyl (C=O) groups excluding carboxylic acids is 1. The summed E-state index contributed by atoms with van der Waals surface area (Å²) in [5.41, 5.74) is 3.01. The summed E-state index contributed by atoms with van der Waals surface area (Å²) in [5.74, 6) is 0. The molecule has 1 heterocycles. The summed E-state index contributed by atoms with van der Waals surface area (Å²) in [6, 6.07) is 29.5. The zero-order valence-corrected chi connectivity index (χ0v) is 19.2. The third-order valence-corrected chi connectivity index (χ3v) is 5.75. The molecule has 1 aliphatic heterocycles.